The molecule has 1 unspecified atom stereocenters. The average Bonchev–Trinajstić information content (AvgIpc) is 3.47. The summed E-state index contributed by atoms with van der Waals surface area (Å²) in [5.41, 5.74) is 3.49. The van der Waals surface area contributed by atoms with Gasteiger partial charge in [0, 0.05) is 18.0 Å². The Kier molecular flexibility index (Phi) is 6.85. The second kappa shape index (κ2) is 9.99. The number of hydrogen-bond acceptors (Lipinski definition) is 6. The van der Waals surface area contributed by atoms with Gasteiger partial charge in [-0.15, -0.1) is 11.3 Å². The predicted molar refractivity (Wildman–Crippen MR) is 133 cm³/mol. The molecule has 0 bridgehead atoms. The van der Waals surface area contributed by atoms with Crippen molar-refractivity contribution in [3.05, 3.63) is 56.2 Å². The van der Waals surface area contributed by atoms with Gasteiger partial charge in [0.1, 0.15) is 4.83 Å². The molecule has 3 aromatic rings. The molecule has 6 nitrogen and oxygen atoms in total. The smallest absolute Gasteiger partial charge is 0.263 e. The van der Waals surface area contributed by atoms with Crippen LogP contribution in [0.25, 0.3) is 10.2 Å². The van der Waals surface area contributed by atoms with Crippen LogP contribution in [0.1, 0.15) is 47.3 Å². The molecule has 2 aliphatic rings. The van der Waals surface area contributed by atoms with Crippen LogP contribution in [0.2, 0.25) is 0 Å². The number of benzene rings is 1. The summed E-state index contributed by atoms with van der Waals surface area (Å²) in [5, 5.41) is 4.39. The van der Waals surface area contributed by atoms with Crippen molar-refractivity contribution < 1.29 is 9.53 Å². The van der Waals surface area contributed by atoms with Gasteiger partial charge in [-0.3, -0.25) is 14.2 Å². The van der Waals surface area contributed by atoms with Crippen LogP contribution < -0.4 is 10.9 Å². The van der Waals surface area contributed by atoms with Crippen LogP contribution in [0.15, 0.2) is 34.2 Å². The van der Waals surface area contributed by atoms with E-state index in [1.54, 1.807) is 15.9 Å². The first-order valence-electron chi connectivity index (χ1n) is 11.7. The number of thioether (sulfide) groups is 1. The van der Waals surface area contributed by atoms with Gasteiger partial charge in [0.25, 0.3) is 5.56 Å². The zero-order chi connectivity index (χ0) is 22.8. The topological polar surface area (TPSA) is 73.2 Å². The first kappa shape index (κ1) is 22.6. The number of aromatic nitrogens is 2. The number of rotatable bonds is 7. The van der Waals surface area contributed by atoms with Crippen molar-refractivity contribution in [1.29, 1.82) is 0 Å². The second-order valence-corrected chi connectivity index (χ2v) is 10.9. The van der Waals surface area contributed by atoms with Crippen LogP contribution in [0.4, 0.5) is 0 Å². The van der Waals surface area contributed by atoms with Gasteiger partial charge in [-0.05, 0) is 56.6 Å². The Labute approximate surface area is 201 Å². The van der Waals surface area contributed by atoms with Crippen molar-refractivity contribution in [1.82, 2.24) is 14.9 Å². The van der Waals surface area contributed by atoms with E-state index in [9.17, 15) is 9.59 Å². The van der Waals surface area contributed by atoms with Crippen molar-refractivity contribution in [2.24, 2.45) is 0 Å². The lowest BCUT2D eigenvalue weighted by Gasteiger charge is -2.16. The van der Waals surface area contributed by atoms with Gasteiger partial charge in [0.05, 0.1) is 23.8 Å². The highest BCUT2D eigenvalue weighted by Gasteiger charge is 2.25. The SMILES string of the molecule is Cc1ccc(CNC(=O)CSc2nc3sc4c(c3c(=O)n2CC2CCCO2)CCCC4)cc1. The number of nitrogens with one attached hydrogen (secondary N) is 1. The Morgan fingerprint density at radius 2 is 2.06 bits per heavy atom. The molecule has 1 amide bonds. The van der Waals surface area contributed by atoms with E-state index in [0.29, 0.717) is 18.2 Å². The summed E-state index contributed by atoms with van der Waals surface area (Å²) in [5.74, 6) is 0.157. The Morgan fingerprint density at radius 1 is 1.24 bits per heavy atom. The first-order valence-corrected chi connectivity index (χ1v) is 13.5. The summed E-state index contributed by atoms with van der Waals surface area (Å²) in [6.45, 7) is 3.78. The lowest BCUT2D eigenvalue weighted by Crippen LogP contribution is -2.30. The molecule has 1 fully saturated rings. The number of ether oxygens (including phenoxy) is 1. The normalized spacial score (nSPS) is 17.9. The molecule has 8 heteroatoms. The molecule has 1 saturated heterocycles. The fourth-order valence-electron chi connectivity index (χ4n) is 4.57. The van der Waals surface area contributed by atoms with E-state index in [-0.39, 0.29) is 23.3 Å². The standard InChI is InChI=1S/C25H29N3O3S2/c1-16-8-10-17(11-9-16)13-26-21(29)15-32-25-27-23-22(19-6-2-3-7-20(19)33-23)24(30)28(25)14-18-5-4-12-31-18/h8-11,18H,2-7,12-15H2,1H3,(H,26,29). The fourth-order valence-corrected chi connectivity index (χ4v) is 6.71. The van der Waals surface area contributed by atoms with Gasteiger partial charge < -0.3 is 10.1 Å². The third kappa shape index (κ3) is 5.03. The molecule has 1 atom stereocenters. The minimum atomic E-state index is -0.0657. The summed E-state index contributed by atoms with van der Waals surface area (Å²) >= 11 is 2.99. The number of fused-ring (bicyclic) bond motifs is 3. The Balaban J connectivity index is 1.36. The van der Waals surface area contributed by atoms with E-state index in [1.807, 2.05) is 31.2 Å². The minimum absolute atomic E-state index is 0.0254. The number of carbonyl (C=O) groups is 1. The van der Waals surface area contributed by atoms with Gasteiger partial charge in [-0.1, -0.05) is 41.6 Å². The van der Waals surface area contributed by atoms with Crippen molar-refractivity contribution in [2.45, 2.75) is 69.8 Å². The molecule has 1 aliphatic heterocycles. The van der Waals surface area contributed by atoms with E-state index in [2.05, 4.69) is 5.32 Å². The largest absolute Gasteiger partial charge is 0.376 e. The van der Waals surface area contributed by atoms with Crippen LogP contribution >= 0.6 is 23.1 Å². The van der Waals surface area contributed by atoms with E-state index >= 15 is 0 Å². The number of aryl methyl sites for hydroxylation is 3. The van der Waals surface area contributed by atoms with Crippen LogP contribution in [0.5, 0.6) is 0 Å². The van der Waals surface area contributed by atoms with Gasteiger partial charge in [0.2, 0.25) is 5.91 Å². The van der Waals surface area contributed by atoms with Crippen LogP contribution in [0.3, 0.4) is 0 Å². The molecule has 1 aliphatic carbocycles. The third-order valence-corrected chi connectivity index (χ3v) is 8.55. The summed E-state index contributed by atoms with van der Waals surface area (Å²) in [6.07, 6.45) is 6.30. The molecule has 3 heterocycles. The third-order valence-electron chi connectivity index (χ3n) is 6.39. The molecular formula is C25H29N3O3S2. The molecule has 174 valence electrons. The zero-order valence-corrected chi connectivity index (χ0v) is 20.5. The highest BCUT2D eigenvalue weighted by atomic mass is 32.2. The second-order valence-electron chi connectivity index (χ2n) is 8.89. The fraction of sp³-hybridized carbons (Fsp3) is 0.480. The zero-order valence-electron chi connectivity index (χ0n) is 18.9. The first-order chi connectivity index (χ1) is 16.1. The molecule has 0 radical (unpaired) electrons. The van der Waals surface area contributed by atoms with E-state index < -0.39 is 0 Å². The monoisotopic (exact) mass is 483 g/mol. The maximum absolute atomic E-state index is 13.6. The highest BCUT2D eigenvalue weighted by Crippen LogP contribution is 2.35. The maximum atomic E-state index is 13.6. The summed E-state index contributed by atoms with van der Waals surface area (Å²) in [6, 6.07) is 8.13. The number of hydrogen-bond donors (Lipinski definition) is 1. The van der Waals surface area contributed by atoms with Crippen molar-refractivity contribution in [2.75, 3.05) is 12.4 Å². The number of amides is 1. The van der Waals surface area contributed by atoms with Gasteiger partial charge >= 0.3 is 0 Å². The number of nitrogens with zero attached hydrogens (tertiary/aromatic N) is 2. The van der Waals surface area contributed by atoms with E-state index in [0.717, 1.165) is 54.5 Å². The minimum Gasteiger partial charge on any atom is -0.376 e. The Morgan fingerprint density at radius 3 is 2.85 bits per heavy atom. The van der Waals surface area contributed by atoms with E-state index in [1.165, 1.54) is 34.2 Å². The van der Waals surface area contributed by atoms with Crippen LogP contribution in [-0.2, 0) is 35.5 Å². The lowest BCUT2D eigenvalue weighted by molar-refractivity contribution is -0.118. The van der Waals surface area contributed by atoms with Crippen molar-refractivity contribution >= 4 is 39.2 Å². The predicted octanol–water partition coefficient (Wildman–Crippen LogP) is 4.23. The Hall–Kier alpha value is -2.16. The van der Waals surface area contributed by atoms with Crippen molar-refractivity contribution in [3.8, 4) is 0 Å². The van der Waals surface area contributed by atoms with Crippen molar-refractivity contribution in [3.63, 3.8) is 0 Å². The van der Waals surface area contributed by atoms with Gasteiger partial charge in [-0.25, -0.2) is 4.98 Å². The molecule has 0 spiro atoms. The lowest BCUT2D eigenvalue weighted by atomic mass is 9.97. The average molecular weight is 484 g/mol. The summed E-state index contributed by atoms with van der Waals surface area (Å²) < 4.78 is 7.58. The molecule has 2 aromatic heterocycles. The number of thiophene rings is 1. The molecule has 0 saturated carbocycles. The number of carbonyl (C=O) groups excluding carboxylic acids is 1. The van der Waals surface area contributed by atoms with Crippen LogP contribution in [-0.4, -0.2) is 33.9 Å². The molecule has 33 heavy (non-hydrogen) atoms. The molecule has 5 rings (SSSR count). The van der Waals surface area contributed by atoms with Gasteiger partial charge in [0.15, 0.2) is 5.16 Å². The quantitative estimate of drug-likeness (QED) is 0.402. The van der Waals surface area contributed by atoms with Gasteiger partial charge in [-0.2, -0.15) is 0 Å². The molecule has 1 aromatic carbocycles. The van der Waals surface area contributed by atoms with E-state index in [4.69, 9.17) is 9.72 Å². The highest BCUT2D eigenvalue weighted by molar-refractivity contribution is 7.99. The summed E-state index contributed by atoms with van der Waals surface area (Å²) in [7, 11) is 0. The molecule has 1 N–H and O–H groups in total. The maximum Gasteiger partial charge on any atom is 0.263 e. The molecular weight excluding hydrogens is 454 g/mol. The summed E-state index contributed by atoms with van der Waals surface area (Å²) in [4.78, 5) is 33.2. The van der Waals surface area contributed by atoms with Crippen LogP contribution in [0, 0.1) is 6.92 Å². The Bertz CT molecular complexity index is 1210.